The third-order valence-electron chi connectivity index (χ3n) is 3.04. The van der Waals surface area contributed by atoms with E-state index in [0.29, 0.717) is 16.8 Å². The SMILES string of the molecule is CCC(C)NC(=O)Cn1c(=O)oc2cccc(N)c21. The van der Waals surface area contributed by atoms with E-state index >= 15 is 0 Å². The molecule has 1 aromatic carbocycles. The molecule has 19 heavy (non-hydrogen) atoms. The number of oxazole rings is 1. The molecule has 0 aliphatic heterocycles. The average molecular weight is 263 g/mol. The summed E-state index contributed by atoms with van der Waals surface area (Å²) in [7, 11) is 0. The molecular weight excluding hydrogens is 246 g/mol. The number of benzene rings is 1. The number of amides is 1. The summed E-state index contributed by atoms with van der Waals surface area (Å²) in [5, 5.41) is 2.80. The molecule has 1 amide bonds. The van der Waals surface area contributed by atoms with Gasteiger partial charge in [-0.3, -0.25) is 9.36 Å². The van der Waals surface area contributed by atoms with Gasteiger partial charge in [0.25, 0.3) is 0 Å². The molecular formula is C13H17N3O3. The van der Waals surface area contributed by atoms with E-state index in [2.05, 4.69) is 5.32 Å². The molecule has 0 aliphatic rings. The zero-order chi connectivity index (χ0) is 14.0. The van der Waals surface area contributed by atoms with Gasteiger partial charge >= 0.3 is 5.76 Å². The number of nitrogen functional groups attached to an aromatic ring is 1. The highest BCUT2D eigenvalue weighted by Crippen LogP contribution is 2.19. The number of nitrogens with zero attached hydrogens (tertiary/aromatic N) is 1. The zero-order valence-electron chi connectivity index (χ0n) is 11.0. The van der Waals surface area contributed by atoms with E-state index in [1.54, 1.807) is 18.2 Å². The van der Waals surface area contributed by atoms with Crippen LogP contribution in [0.4, 0.5) is 5.69 Å². The predicted molar refractivity (Wildman–Crippen MR) is 72.8 cm³/mol. The summed E-state index contributed by atoms with van der Waals surface area (Å²) in [6, 6.07) is 5.08. The number of rotatable bonds is 4. The molecule has 1 atom stereocenters. The number of fused-ring (bicyclic) bond motifs is 1. The van der Waals surface area contributed by atoms with Crippen molar-refractivity contribution in [3.05, 3.63) is 28.7 Å². The maximum atomic E-state index is 11.8. The second kappa shape index (κ2) is 5.17. The number of para-hydroxylation sites is 1. The summed E-state index contributed by atoms with van der Waals surface area (Å²) in [4.78, 5) is 23.6. The lowest BCUT2D eigenvalue weighted by atomic mass is 10.2. The van der Waals surface area contributed by atoms with Gasteiger partial charge in [-0.05, 0) is 25.5 Å². The molecule has 6 heteroatoms. The fourth-order valence-corrected chi connectivity index (χ4v) is 1.86. The summed E-state index contributed by atoms with van der Waals surface area (Å²) in [6.45, 7) is 3.79. The smallest absolute Gasteiger partial charge is 0.408 e. The molecule has 1 aromatic heterocycles. The number of nitrogens with two attached hydrogens (primary N) is 1. The number of anilines is 1. The minimum atomic E-state index is -0.577. The van der Waals surface area contributed by atoms with Crippen molar-refractivity contribution in [2.24, 2.45) is 0 Å². The van der Waals surface area contributed by atoms with E-state index in [9.17, 15) is 9.59 Å². The molecule has 1 unspecified atom stereocenters. The van der Waals surface area contributed by atoms with Gasteiger partial charge in [0.15, 0.2) is 5.58 Å². The fourth-order valence-electron chi connectivity index (χ4n) is 1.86. The number of carbonyl (C=O) groups is 1. The molecule has 3 N–H and O–H groups in total. The number of aromatic nitrogens is 1. The van der Waals surface area contributed by atoms with E-state index in [-0.39, 0.29) is 18.5 Å². The molecule has 0 radical (unpaired) electrons. The lowest BCUT2D eigenvalue weighted by Crippen LogP contribution is -2.36. The molecule has 102 valence electrons. The molecule has 0 spiro atoms. The van der Waals surface area contributed by atoms with Gasteiger partial charge in [-0.25, -0.2) is 4.79 Å². The fraction of sp³-hybridized carbons (Fsp3) is 0.385. The molecule has 0 bridgehead atoms. The van der Waals surface area contributed by atoms with Gasteiger partial charge < -0.3 is 15.5 Å². The molecule has 0 saturated heterocycles. The van der Waals surface area contributed by atoms with E-state index in [1.807, 2.05) is 13.8 Å². The standard InChI is InChI=1S/C13H17N3O3/c1-3-8(2)15-11(17)7-16-12-9(14)5-4-6-10(12)19-13(16)18/h4-6,8H,3,7,14H2,1-2H3,(H,15,17). The van der Waals surface area contributed by atoms with Crippen LogP contribution in [0.15, 0.2) is 27.4 Å². The Labute approximate surface area is 110 Å². The Morgan fingerprint density at radius 1 is 1.53 bits per heavy atom. The van der Waals surface area contributed by atoms with Gasteiger partial charge in [-0.1, -0.05) is 13.0 Å². The highest BCUT2D eigenvalue weighted by atomic mass is 16.4. The van der Waals surface area contributed by atoms with Gasteiger partial charge in [0.2, 0.25) is 5.91 Å². The number of hydrogen-bond acceptors (Lipinski definition) is 4. The Morgan fingerprint density at radius 2 is 2.26 bits per heavy atom. The summed E-state index contributed by atoms with van der Waals surface area (Å²) in [5.74, 6) is -0.811. The first-order valence-electron chi connectivity index (χ1n) is 6.20. The molecule has 2 aromatic rings. The lowest BCUT2D eigenvalue weighted by molar-refractivity contribution is -0.122. The minimum Gasteiger partial charge on any atom is -0.408 e. The van der Waals surface area contributed by atoms with Crippen LogP contribution in [0.5, 0.6) is 0 Å². The van der Waals surface area contributed by atoms with E-state index < -0.39 is 5.76 Å². The molecule has 1 heterocycles. The minimum absolute atomic E-state index is 0.0683. The molecule has 0 fully saturated rings. The Balaban J connectivity index is 2.33. The summed E-state index contributed by atoms with van der Waals surface area (Å²) >= 11 is 0. The van der Waals surface area contributed by atoms with Crippen LogP contribution in [0.25, 0.3) is 11.1 Å². The van der Waals surface area contributed by atoms with Gasteiger partial charge in [-0.2, -0.15) is 0 Å². The Hall–Kier alpha value is -2.24. The van der Waals surface area contributed by atoms with Crippen LogP contribution in [0.2, 0.25) is 0 Å². The Kier molecular flexibility index (Phi) is 3.59. The number of hydrogen-bond donors (Lipinski definition) is 2. The third-order valence-corrected chi connectivity index (χ3v) is 3.04. The van der Waals surface area contributed by atoms with Crippen molar-refractivity contribution < 1.29 is 9.21 Å². The zero-order valence-corrected chi connectivity index (χ0v) is 11.0. The van der Waals surface area contributed by atoms with Crippen molar-refractivity contribution in [2.75, 3.05) is 5.73 Å². The van der Waals surface area contributed by atoms with Gasteiger partial charge in [0, 0.05) is 6.04 Å². The second-order valence-electron chi connectivity index (χ2n) is 4.52. The quantitative estimate of drug-likeness (QED) is 0.808. The first kappa shape index (κ1) is 13.2. The van der Waals surface area contributed by atoms with Crippen molar-refractivity contribution in [3.8, 4) is 0 Å². The van der Waals surface area contributed by atoms with E-state index in [0.717, 1.165) is 6.42 Å². The summed E-state index contributed by atoms with van der Waals surface area (Å²) in [6.07, 6.45) is 0.828. The van der Waals surface area contributed by atoms with Crippen LogP contribution in [0.1, 0.15) is 20.3 Å². The van der Waals surface area contributed by atoms with Crippen LogP contribution >= 0.6 is 0 Å². The van der Waals surface area contributed by atoms with Crippen molar-refractivity contribution in [2.45, 2.75) is 32.9 Å². The molecule has 0 aliphatic carbocycles. The third kappa shape index (κ3) is 2.62. The molecule has 6 nitrogen and oxygen atoms in total. The number of nitrogens with one attached hydrogen (secondary N) is 1. The Bertz CT molecular complexity index is 657. The topological polar surface area (TPSA) is 90.3 Å². The highest BCUT2D eigenvalue weighted by molar-refractivity contribution is 5.87. The molecule has 0 saturated carbocycles. The Morgan fingerprint density at radius 3 is 2.95 bits per heavy atom. The van der Waals surface area contributed by atoms with Crippen LogP contribution < -0.4 is 16.8 Å². The highest BCUT2D eigenvalue weighted by Gasteiger charge is 2.15. The van der Waals surface area contributed by atoms with E-state index in [4.69, 9.17) is 10.2 Å². The van der Waals surface area contributed by atoms with Crippen molar-refractivity contribution in [1.82, 2.24) is 9.88 Å². The van der Waals surface area contributed by atoms with Crippen molar-refractivity contribution >= 4 is 22.7 Å². The first-order valence-corrected chi connectivity index (χ1v) is 6.20. The first-order chi connectivity index (χ1) is 9.02. The maximum Gasteiger partial charge on any atom is 0.420 e. The van der Waals surface area contributed by atoms with Crippen LogP contribution in [-0.2, 0) is 11.3 Å². The summed E-state index contributed by atoms with van der Waals surface area (Å²) < 4.78 is 6.31. The van der Waals surface area contributed by atoms with Gasteiger partial charge in [0.05, 0.1) is 5.69 Å². The summed E-state index contributed by atoms with van der Waals surface area (Å²) in [5.41, 5.74) is 7.09. The van der Waals surface area contributed by atoms with Gasteiger partial charge in [0.1, 0.15) is 12.1 Å². The van der Waals surface area contributed by atoms with Gasteiger partial charge in [-0.15, -0.1) is 0 Å². The van der Waals surface area contributed by atoms with Crippen molar-refractivity contribution in [1.29, 1.82) is 0 Å². The maximum absolute atomic E-state index is 11.8. The predicted octanol–water partition coefficient (Wildman–Crippen LogP) is 1.09. The van der Waals surface area contributed by atoms with Crippen LogP contribution in [0.3, 0.4) is 0 Å². The normalized spacial score (nSPS) is 12.5. The van der Waals surface area contributed by atoms with Crippen LogP contribution in [-0.4, -0.2) is 16.5 Å². The second-order valence-corrected chi connectivity index (χ2v) is 4.52. The number of carbonyl (C=O) groups excluding carboxylic acids is 1. The largest absolute Gasteiger partial charge is 0.420 e. The van der Waals surface area contributed by atoms with E-state index in [1.165, 1.54) is 4.57 Å². The monoisotopic (exact) mass is 263 g/mol. The lowest BCUT2D eigenvalue weighted by Gasteiger charge is -2.11. The molecule has 2 rings (SSSR count). The van der Waals surface area contributed by atoms with Crippen LogP contribution in [0, 0.1) is 0 Å². The van der Waals surface area contributed by atoms with Crippen molar-refractivity contribution in [3.63, 3.8) is 0 Å². The average Bonchev–Trinajstić information content (AvgIpc) is 2.67.